The van der Waals surface area contributed by atoms with Crippen molar-refractivity contribution in [2.45, 2.75) is 0 Å². The number of nitrogens with two attached hydrogens (primary N) is 1. The maximum atomic E-state index is 6.20. The molecular weight excluding hydrogens is 357 g/mol. The summed E-state index contributed by atoms with van der Waals surface area (Å²) in [5, 5.41) is 4.10. The third kappa shape index (κ3) is 2.68. The second-order valence-electron chi connectivity index (χ2n) is 3.84. The summed E-state index contributed by atoms with van der Waals surface area (Å²) in [7, 11) is 0. The average molecular weight is 363 g/mol. The highest BCUT2D eigenvalue weighted by atomic mass is 35.5. The van der Waals surface area contributed by atoms with Crippen molar-refractivity contribution in [1.82, 2.24) is 9.97 Å². The van der Waals surface area contributed by atoms with Gasteiger partial charge in [0.1, 0.15) is 16.4 Å². The largest absolute Gasteiger partial charge is 0.336 e. The number of aromatic nitrogens is 2. The molecule has 4 N–H and O–H groups in total. The zero-order valence-corrected chi connectivity index (χ0v) is 13.1. The molecule has 1 aliphatic rings. The number of hydrogen-bond donors (Lipinski definition) is 3. The van der Waals surface area contributed by atoms with E-state index in [1.54, 1.807) is 6.07 Å². The van der Waals surface area contributed by atoms with Gasteiger partial charge in [-0.05, 0) is 6.07 Å². The Morgan fingerprint density at radius 1 is 1.05 bits per heavy atom. The van der Waals surface area contributed by atoms with E-state index in [1.807, 2.05) is 0 Å². The van der Waals surface area contributed by atoms with Crippen LogP contribution in [0.1, 0.15) is 0 Å². The lowest BCUT2D eigenvalue weighted by Crippen LogP contribution is -2.11. The molecule has 2 heterocycles. The van der Waals surface area contributed by atoms with Crippen LogP contribution in [0.2, 0.25) is 15.1 Å². The average Bonchev–Trinajstić information content (AvgIpc) is 2.95. The van der Waals surface area contributed by atoms with Gasteiger partial charge in [-0.25, -0.2) is 10.8 Å². The predicted octanol–water partition coefficient (Wildman–Crippen LogP) is 4.19. The van der Waals surface area contributed by atoms with Gasteiger partial charge >= 0.3 is 0 Å². The number of anilines is 3. The Morgan fingerprint density at radius 3 is 2.57 bits per heavy atom. The van der Waals surface area contributed by atoms with Crippen LogP contribution in [-0.4, -0.2) is 9.97 Å². The van der Waals surface area contributed by atoms with Crippen molar-refractivity contribution >= 4 is 75.0 Å². The van der Waals surface area contributed by atoms with E-state index in [9.17, 15) is 0 Å². The van der Waals surface area contributed by atoms with Gasteiger partial charge in [0.15, 0.2) is 5.82 Å². The summed E-state index contributed by atoms with van der Waals surface area (Å²) in [4.78, 5) is 8.00. The fraction of sp³-hybridized carbons (Fsp3) is 0. The van der Waals surface area contributed by atoms with Crippen molar-refractivity contribution in [3.05, 3.63) is 27.3 Å². The van der Waals surface area contributed by atoms with E-state index in [2.05, 4.69) is 29.4 Å². The summed E-state index contributed by atoms with van der Waals surface area (Å²) >= 11 is 19.4. The summed E-state index contributed by atoms with van der Waals surface area (Å²) < 4.78 is 8.30. The number of hydrazine groups is 1. The van der Waals surface area contributed by atoms with Gasteiger partial charge in [0.05, 0.1) is 33.3 Å². The lowest BCUT2D eigenvalue weighted by Gasteiger charge is -2.12. The molecule has 108 valence electrons. The second kappa shape index (κ2) is 5.74. The molecule has 0 unspecified atom stereocenters. The predicted molar refractivity (Wildman–Crippen MR) is 86.1 cm³/mol. The van der Waals surface area contributed by atoms with Gasteiger partial charge in [0.2, 0.25) is 5.95 Å². The van der Waals surface area contributed by atoms with Gasteiger partial charge < -0.3 is 5.32 Å². The number of nitrogens with one attached hydrogen (secondary N) is 2. The van der Waals surface area contributed by atoms with Crippen molar-refractivity contribution in [1.29, 1.82) is 0 Å². The molecule has 7 nitrogen and oxygen atoms in total. The Bertz CT molecular complexity index is 804. The third-order valence-corrected chi connectivity index (χ3v) is 3.95. The Labute approximate surface area is 137 Å². The molecule has 1 aromatic carbocycles. The van der Waals surface area contributed by atoms with Gasteiger partial charge in [-0.3, -0.25) is 5.43 Å². The van der Waals surface area contributed by atoms with E-state index in [1.165, 1.54) is 6.20 Å². The van der Waals surface area contributed by atoms with E-state index in [-0.39, 0.29) is 5.95 Å². The first kappa shape index (κ1) is 14.5. The minimum absolute atomic E-state index is 0.208. The highest BCUT2D eigenvalue weighted by Crippen LogP contribution is 2.48. The highest BCUT2D eigenvalue weighted by Gasteiger charge is 2.20. The van der Waals surface area contributed by atoms with Crippen LogP contribution in [0.3, 0.4) is 0 Å². The van der Waals surface area contributed by atoms with Gasteiger partial charge in [-0.2, -0.15) is 13.7 Å². The number of nitrogen functional groups attached to an aromatic ring is 1. The molecule has 0 bridgehead atoms. The van der Waals surface area contributed by atoms with E-state index in [4.69, 9.17) is 40.6 Å². The molecule has 0 radical (unpaired) electrons. The van der Waals surface area contributed by atoms with Crippen LogP contribution in [0.5, 0.6) is 0 Å². The quantitative estimate of drug-likeness (QED) is 0.479. The molecule has 0 atom stereocenters. The molecule has 3 rings (SSSR count). The molecule has 0 saturated carbocycles. The summed E-state index contributed by atoms with van der Waals surface area (Å²) in [5.41, 5.74) is 3.93. The smallest absolute Gasteiger partial charge is 0.239 e. The van der Waals surface area contributed by atoms with E-state index in [0.717, 1.165) is 11.4 Å². The fourth-order valence-electron chi connectivity index (χ4n) is 1.64. The first-order chi connectivity index (χ1) is 10.1. The first-order valence-electron chi connectivity index (χ1n) is 5.46. The monoisotopic (exact) mass is 361 g/mol. The number of benzene rings is 1. The highest BCUT2D eigenvalue weighted by molar-refractivity contribution is 7.58. The maximum Gasteiger partial charge on any atom is 0.239 e. The van der Waals surface area contributed by atoms with Crippen LogP contribution < -0.4 is 16.6 Å². The summed E-state index contributed by atoms with van der Waals surface area (Å²) in [5.74, 6) is 5.82. The minimum atomic E-state index is 0.208. The molecular formula is C10H6Cl3N7S. The Morgan fingerprint density at radius 2 is 1.81 bits per heavy atom. The van der Waals surface area contributed by atoms with E-state index < -0.39 is 0 Å². The van der Waals surface area contributed by atoms with Crippen LogP contribution >= 0.6 is 34.8 Å². The van der Waals surface area contributed by atoms with Gasteiger partial charge in [-0.1, -0.05) is 34.8 Å². The van der Waals surface area contributed by atoms with Gasteiger partial charge in [0.25, 0.3) is 0 Å². The van der Waals surface area contributed by atoms with E-state index in [0.29, 0.717) is 37.9 Å². The van der Waals surface area contributed by atoms with Crippen molar-refractivity contribution < 1.29 is 0 Å². The Hall–Kier alpha value is -1.45. The van der Waals surface area contributed by atoms with E-state index >= 15 is 0 Å². The molecule has 0 spiro atoms. The summed E-state index contributed by atoms with van der Waals surface area (Å²) in [6, 6.07) is 1.58. The van der Waals surface area contributed by atoms with Crippen LogP contribution in [0.4, 0.5) is 28.8 Å². The molecule has 0 saturated heterocycles. The summed E-state index contributed by atoms with van der Waals surface area (Å²) in [6.45, 7) is 0. The number of nitrogens with zero attached hydrogens (tertiary/aromatic N) is 4. The van der Waals surface area contributed by atoms with Crippen LogP contribution in [0, 0.1) is 0 Å². The van der Waals surface area contributed by atoms with Gasteiger partial charge in [0, 0.05) is 0 Å². The fourth-order valence-corrected chi connectivity index (χ4v) is 2.93. The minimum Gasteiger partial charge on any atom is -0.336 e. The number of fused-ring (bicyclic) bond motifs is 1. The zero-order valence-electron chi connectivity index (χ0n) is 10.1. The summed E-state index contributed by atoms with van der Waals surface area (Å²) in [6.07, 6.45) is 1.41. The van der Waals surface area contributed by atoms with Crippen molar-refractivity contribution in [3.8, 4) is 0 Å². The molecule has 0 fully saturated rings. The van der Waals surface area contributed by atoms with Crippen LogP contribution in [-0.2, 0) is 11.4 Å². The first-order valence-corrected chi connectivity index (χ1v) is 7.33. The molecule has 0 aliphatic carbocycles. The van der Waals surface area contributed by atoms with Crippen LogP contribution in [0.15, 0.2) is 21.0 Å². The number of rotatable bonds is 3. The Kier molecular flexibility index (Phi) is 3.96. The standard InChI is InChI=1S/C10H6Cl3N7S/c11-3-1-4(12)7-8(20-21-19-7)6(3)16-9-5(13)2-15-10(17-9)18-14/h1-2H,14H2,(H2,15,16,17,18). The zero-order chi connectivity index (χ0) is 15.0. The third-order valence-electron chi connectivity index (χ3n) is 2.56. The maximum absolute atomic E-state index is 6.20. The molecule has 21 heavy (non-hydrogen) atoms. The molecule has 2 aromatic rings. The van der Waals surface area contributed by atoms with Crippen molar-refractivity contribution in [2.75, 3.05) is 10.7 Å². The SMILES string of the molecule is NNc1ncc(Cl)c(Nc2c(Cl)cc(Cl)c3c2N=S=N3)n1. The topological polar surface area (TPSA) is 101 Å². The van der Waals surface area contributed by atoms with Gasteiger partial charge in [-0.15, -0.1) is 0 Å². The molecule has 0 amide bonds. The molecule has 1 aliphatic heterocycles. The van der Waals surface area contributed by atoms with Crippen LogP contribution in [0.25, 0.3) is 0 Å². The normalized spacial score (nSPS) is 12.0. The number of halogens is 3. The molecule has 1 aromatic heterocycles. The molecule has 11 heteroatoms. The lowest BCUT2D eigenvalue weighted by atomic mass is 10.2. The van der Waals surface area contributed by atoms with Crippen molar-refractivity contribution in [2.24, 2.45) is 14.6 Å². The van der Waals surface area contributed by atoms with Crippen molar-refractivity contribution in [3.63, 3.8) is 0 Å². The lowest BCUT2D eigenvalue weighted by molar-refractivity contribution is 1.12. The second-order valence-corrected chi connectivity index (χ2v) is 5.59. The Balaban J connectivity index is 2.08. The number of hydrogen-bond acceptors (Lipinski definition) is 7.